The van der Waals surface area contributed by atoms with E-state index in [4.69, 9.17) is 0 Å². The van der Waals surface area contributed by atoms with Gasteiger partial charge in [-0.3, -0.25) is 4.79 Å². The minimum Gasteiger partial charge on any atom is -0.352 e. The van der Waals surface area contributed by atoms with Gasteiger partial charge in [-0.2, -0.15) is 0 Å². The molecule has 1 heterocycles. The molecule has 1 N–H and O–H groups in total. The van der Waals surface area contributed by atoms with Crippen LogP contribution in [0.2, 0.25) is 0 Å². The molecule has 0 aliphatic rings. The molecule has 0 atom stereocenters. The highest BCUT2D eigenvalue weighted by atomic mass is 32.2. The van der Waals surface area contributed by atoms with E-state index < -0.39 is 9.84 Å². The molecule has 0 radical (unpaired) electrons. The number of benzene rings is 1. The SMILES string of the molecule is CS(=O)(=O)c1ccc2[nH]c(C=O)cc2c1. The maximum atomic E-state index is 11.3. The summed E-state index contributed by atoms with van der Waals surface area (Å²) < 4.78 is 22.5. The third-order valence-corrected chi connectivity index (χ3v) is 3.28. The number of H-pyrrole nitrogens is 1. The van der Waals surface area contributed by atoms with Gasteiger partial charge in [0, 0.05) is 17.2 Å². The fourth-order valence-corrected chi connectivity index (χ4v) is 2.08. The largest absolute Gasteiger partial charge is 0.352 e. The summed E-state index contributed by atoms with van der Waals surface area (Å²) in [5.41, 5.74) is 1.19. The number of carbonyl (C=O) groups excluding carboxylic acids is 1. The highest BCUT2D eigenvalue weighted by molar-refractivity contribution is 7.90. The maximum Gasteiger partial charge on any atom is 0.175 e. The second-order valence-corrected chi connectivity index (χ2v) is 5.38. The summed E-state index contributed by atoms with van der Waals surface area (Å²) in [6, 6.07) is 6.34. The predicted octanol–water partition coefficient (Wildman–Crippen LogP) is 1.38. The van der Waals surface area contributed by atoms with Crippen molar-refractivity contribution >= 4 is 27.0 Å². The lowest BCUT2D eigenvalue weighted by Gasteiger charge is -1.97. The monoisotopic (exact) mass is 223 g/mol. The molecule has 0 unspecified atom stereocenters. The maximum absolute atomic E-state index is 11.3. The van der Waals surface area contributed by atoms with Gasteiger partial charge in [0.05, 0.1) is 10.6 Å². The zero-order chi connectivity index (χ0) is 11.1. The van der Waals surface area contributed by atoms with Crippen molar-refractivity contribution in [2.45, 2.75) is 4.90 Å². The Labute approximate surface area is 86.8 Å². The van der Waals surface area contributed by atoms with Gasteiger partial charge in [-0.1, -0.05) is 0 Å². The number of aromatic nitrogens is 1. The van der Waals surface area contributed by atoms with Crippen LogP contribution in [-0.2, 0) is 9.84 Å². The average Bonchev–Trinajstić information content (AvgIpc) is 2.57. The number of sulfone groups is 1. The van der Waals surface area contributed by atoms with Crippen LogP contribution in [0.25, 0.3) is 10.9 Å². The van der Waals surface area contributed by atoms with Crippen molar-refractivity contribution in [2.24, 2.45) is 0 Å². The number of aromatic amines is 1. The summed E-state index contributed by atoms with van der Waals surface area (Å²) in [5.74, 6) is 0. The zero-order valence-electron chi connectivity index (χ0n) is 8.02. The zero-order valence-corrected chi connectivity index (χ0v) is 8.84. The summed E-state index contributed by atoms with van der Waals surface area (Å²) in [5, 5.41) is 0.722. The molecule has 0 amide bonds. The molecule has 0 aliphatic heterocycles. The number of nitrogens with one attached hydrogen (secondary N) is 1. The molecule has 2 rings (SSSR count). The van der Waals surface area contributed by atoms with Gasteiger partial charge in [0.2, 0.25) is 0 Å². The second kappa shape index (κ2) is 3.20. The van der Waals surface area contributed by atoms with Gasteiger partial charge in [-0.25, -0.2) is 8.42 Å². The Morgan fingerprint density at radius 3 is 2.60 bits per heavy atom. The summed E-state index contributed by atoms with van der Waals surface area (Å²) in [7, 11) is -3.19. The van der Waals surface area contributed by atoms with Gasteiger partial charge in [-0.15, -0.1) is 0 Å². The molecule has 0 saturated heterocycles. The lowest BCUT2D eigenvalue weighted by atomic mass is 10.2. The van der Waals surface area contributed by atoms with E-state index in [1.807, 2.05) is 0 Å². The summed E-state index contributed by atoms with van der Waals surface area (Å²) in [6.07, 6.45) is 1.85. The molecule has 2 aromatic rings. The van der Waals surface area contributed by atoms with Crippen LogP contribution < -0.4 is 0 Å². The van der Waals surface area contributed by atoms with E-state index in [1.54, 1.807) is 18.2 Å². The lowest BCUT2D eigenvalue weighted by molar-refractivity contribution is 0.112. The van der Waals surface area contributed by atoms with Crippen molar-refractivity contribution in [3.8, 4) is 0 Å². The molecule has 5 heteroatoms. The number of hydrogen-bond acceptors (Lipinski definition) is 3. The first kappa shape index (κ1) is 9.92. The molecular weight excluding hydrogens is 214 g/mol. The van der Waals surface area contributed by atoms with Crippen LogP contribution in [0.5, 0.6) is 0 Å². The van der Waals surface area contributed by atoms with Crippen LogP contribution in [0.3, 0.4) is 0 Å². The third kappa shape index (κ3) is 1.78. The van der Waals surface area contributed by atoms with E-state index in [2.05, 4.69) is 4.98 Å². The van der Waals surface area contributed by atoms with Gasteiger partial charge < -0.3 is 4.98 Å². The number of carbonyl (C=O) groups is 1. The van der Waals surface area contributed by atoms with Crippen molar-refractivity contribution in [2.75, 3.05) is 6.26 Å². The van der Waals surface area contributed by atoms with Crippen LogP contribution in [0.15, 0.2) is 29.2 Å². The van der Waals surface area contributed by atoms with E-state index >= 15 is 0 Å². The van der Waals surface area contributed by atoms with Gasteiger partial charge in [0.15, 0.2) is 16.1 Å². The molecule has 78 valence electrons. The topological polar surface area (TPSA) is 67.0 Å². The second-order valence-electron chi connectivity index (χ2n) is 3.36. The van der Waals surface area contributed by atoms with Gasteiger partial charge in [0.25, 0.3) is 0 Å². The lowest BCUT2D eigenvalue weighted by Crippen LogP contribution is -1.95. The minimum absolute atomic E-state index is 0.256. The molecule has 0 spiro atoms. The van der Waals surface area contributed by atoms with Crippen LogP contribution in [0.4, 0.5) is 0 Å². The molecule has 0 aliphatic carbocycles. The Bertz CT molecular complexity index is 625. The van der Waals surface area contributed by atoms with E-state index in [0.717, 1.165) is 17.2 Å². The smallest absolute Gasteiger partial charge is 0.175 e. The van der Waals surface area contributed by atoms with E-state index in [9.17, 15) is 13.2 Å². The van der Waals surface area contributed by atoms with E-state index in [0.29, 0.717) is 12.0 Å². The van der Waals surface area contributed by atoms with Crippen LogP contribution >= 0.6 is 0 Å². The molecular formula is C10H9NO3S. The fourth-order valence-electron chi connectivity index (χ4n) is 1.43. The Balaban J connectivity index is 2.71. The first-order valence-corrected chi connectivity index (χ1v) is 6.18. The Hall–Kier alpha value is -1.62. The normalized spacial score (nSPS) is 11.8. The van der Waals surface area contributed by atoms with Crippen LogP contribution in [0.1, 0.15) is 10.5 Å². The molecule has 0 bridgehead atoms. The molecule has 1 aromatic carbocycles. The molecule has 1 aromatic heterocycles. The quantitative estimate of drug-likeness (QED) is 0.782. The highest BCUT2D eigenvalue weighted by Crippen LogP contribution is 2.19. The van der Waals surface area contributed by atoms with Crippen molar-refractivity contribution in [3.63, 3.8) is 0 Å². The molecule has 0 fully saturated rings. The summed E-state index contributed by atoms with van der Waals surface area (Å²) in [4.78, 5) is 13.6. The number of rotatable bonds is 2. The number of aldehydes is 1. The highest BCUT2D eigenvalue weighted by Gasteiger charge is 2.08. The molecule has 4 nitrogen and oxygen atoms in total. The Morgan fingerprint density at radius 1 is 1.27 bits per heavy atom. The number of hydrogen-bond donors (Lipinski definition) is 1. The van der Waals surface area contributed by atoms with E-state index in [-0.39, 0.29) is 4.90 Å². The van der Waals surface area contributed by atoms with E-state index in [1.165, 1.54) is 6.07 Å². The minimum atomic E-state index is -3.19. The van der Waals surface area contributed by atoms with Crippen molar-refractivity contribution in [1.29, 1.82) is 0 Å². The van der Waals surface area contributed by atoms with Crippen molar-refractivity contribution in [1.82, 2.24) is 4.98 Å². The summed E-state index contributed by atoms with van der Waals surface area (Å²) in [6.45, 7) is 0. The standard InChI is InChI=1S/C10H9NO3S/c1-15(13,14)9-2-3-10-7(5-9)4-8(6-12)11-10/h2-6,11H,1H3. The molecule has 0 saturated carbocycles. The Kier molecular flexibility index (Phi) is 2.12. The summed E-state index contributed by atoms with van der Waals surface area (Å²) >= 11 is 0. The molecule has 15 heavy (non-hydrogen) atoms. The van der Waals surface area contributed by atoms with Gasteiger partial charge in [0.1, 0.15) is 0 Å². The van der Waals surface area contributed by atoms with Gasteiger partial charge >= 0.3 is 0 Å². The fraction of sp³-hybridized carbons (Fsp3) is 0.100. The first-order valence-electron chi connectivity index (χ1n) is 4.29. The number of fused-ring (bicyclic) bond motifs is 1. The van der Waals surface area contributed by atoms with Crippen LogP contribution in [-0.4, -0.2) is 25.9 Å². The Morgan fingerprint density at radius 2 is 2.00 bits per heavy atom. The first-order chi connectivity index (χ1) is 7.00. The van der Waals surface area contributed by atoms with Crippen molar-refractivity contribution < 1.29 is 13.2 Å². The van der Waals surface area contributed by atoms with Gasteiger partial charge in [-0.05, 0) is 24.3 Å². The predicted molar refractivity (Wildman–Crippen MR) is 56.8 cm³/mol. The van der Waals surface area contributed by atoms with Crippen molar-refractivity contribution in [3.05, 3.63) is 30.0 Å². The average molecular weight is 223 g/mol. The van der Waals surface area contributed by atoms with Crippen LogP contribution in [0, 0.1) is 0 Å². The third-order valence-electron chi connectivity index (χ3n) is 2.17.